The van der Waals surface area contributed by atoms with E-state index in [2.05, 4.69) is 10.3 Å². The van der Waals surface area contributed by atoms with E-state index in [1.54, 1.807) is 24.3 Å². The fraction of sp³-hybridized carbons (Fsp3) is 0.474. The first-order chi connectivity index (χ1) is 13.6. The Morgan fingerprint density at radius 3 is 2.46 bits per heavy atom. The number of fused-ring (bicyclic) bond motifs is 2. The Labute approximate surface area is 160 Å². The molecule has 0 spiro atoms. The van der Waals surface area contributed by atoms with Crippen LogP contribution in [0.25, 0.3) is 10.9 Å². The van der Waals surface area contributed by atoms with Crippen LogP contribution in [0.15, 0.2) is 29.1 Å². The van der Waals surface area contributed by atoms with Crippen molar-refractivity contribution in [1.29, 1.82) is 0 Å². The van der Waals surface area contributed by atoms with Gasteiger partial charge in [-0.05, 0) is 25.0 Å². The quantitative estimate of drug-likeness (QED) is 0.555. The van der Waals surface area contributed by atoms with Gasteiger partial charge in [0.2, 0.25) is 11.8 Å². The van der Waals surface area contributed by atoms with E-state index in [1.807, 2.05) is 0 Å². The second-order valence-corrected chi connectivity index (χ2v) is 7.13. The maximum absolute atomic E-state index is 12.4. The first-order valence-corrected chi connectivity index (χ1v) is 9.39. The summed E-state index contributed by atoms with van der Waals surface area (Å²) in [6.45, 7) is -0.371. The van der Waals surface area contributed by atoms with Gasteiger partial charge in [-0.25, -0.2) is 0 Å². The normalized spacial score (nSPS) is 21.8. The number of esters is 1. The smallest absolute Gasteiger partial charge is 0.309 e. The van der Waals surface area contributed by atoms with Gasteiger partial charge in [0.05, 0.1) is 23.6 Å². The van der Waals surface area contributed by atoms with Crippen LogP contribution in [0.5, 0.6) is 0 Å². The number of rotatable bonds is 5. The minimum Gasteiger partial charge on any atom is -0.442 e. The van der Waals surface area contributed by atoms with Crippen LogP contribution in [0.4, 0.5) is 0 Å². The van der Waals surface area contributed by atoms with Crippen molar-refractivity contribution in [3.8, 4) is 0 Å². The molecule has 1 saturated heterocycles. The van der Waals surface area contributed by atoms with Gasteiger partial charge in [-0.2, -0.15) is 4.68 Å². The molecule has 9 nitrogen and oxygen atoms in total. The highest BCUT2D eigenvalue weighted by atomic mass is 16.5. The van der Waals surface area contributed by atoms with Crippen molar-refractivity contribution in [1.82, 2.24) is 19.9 Å². The van der Waals surface area contributed by atoms with E-state index in [0.29, 0.717) is 10.9 Å². The Hall–Kier alpha value is -3.10. The molecule has 2 atom stereocenters. The maximum Gasteiger partial charge on any atom is 0.309 e. The molecule has 9 heteroatoms. The first-order valence-electron chi connectivity index (χ1n) is 9.39. The molecule has 2 amide bonds. The summed E-state index contributed by atoms with van der Waals surface area (Å²) in [6.07, 6.45) is 3.27. The van der Waals surface area contributed by atoms with Gasteiger partial charge in [0.25, 0.3) is 5.56 Å². The van der Waals surface area contributed by atoms with Gasteiger partial charge >= 0.3 is 5.97 Å². The second-order valence-electron chi connectivity index (χ2n) is 7.13. The van der Waals surface area contributed by atoms with Crippen molar-refractivity contribution in [3.63, 3.8) is 0 Å². The number of ether oxygens (including phenoxy) is 1. The number of hydrogen-bond donors (Lipinski definition) is 0. The first kappa shape index (κ1) is 18.3. The molecule has 4 rings (SSSR count). The van der Waals surface area contributed by atoms with Crippen molar-refractivity contribution in [2.24, 2.45) is 11.8 Å². The molecule has 1 aliphatic heterocycles. The summed E-state index contributed by atoms with van der Waals surface area (Å²) in [5.41, 5.74) is 0.0509. The molecule has 1 saturated carbocycles. The van der Waals surface area contributed by atoms with E-state index in [0.717, 1.165) is 30.4 Å². The van der Waals surface area contributed by atoms with E-state index in [1.165, 1.54) is 4.90 Å². The van der Waals surface area contributed by atoms with Crippen molar-refractivity contribution in [2.45, 2.75) is 38.8 Å². The van der Waals surface area contributed by atoms with Gasteiger partial charge in [-0.15, -0.1) is 5.10 Å². The van der Waals surface area contributed by atoms with Gasteiger partial charge in [-0.1, -0.05) is 30.2 Å². The highest BCUT2D eigenvalue weighted by Gasteiger charge is 2.47. The molecule has 2 heterocycles. The van der Waals surface area contributed by atoms with Crippen LogP contribution in [0.2, 0.25) is 0 Å². The SMILES string of the molecule is O=C(CCN1C(=O)[C@H]2CCCC[C@H]2C1=O)OCn1nnc2ccccc2c1=O. The number of imide groups is 1. The van der Waals surface area contributed by atoms with Crippen LogP contribution in [-0.2, 0) is 25.9 Å². The van der Waals surface area contributed by atoms with E-state index < -0.39 is 11.5 Å². The second kappa shape index (κ2) is 7.49. The number of carbonyl (C=O) groups excluding carboxylic acids is 3. The Kier molecular flexibility index (Phi) is 4.89. The highest BCUT2D eigenvalue weighted by molar-refractivity contribution is 6.05. The number of aromatic nitrogens is 3. The van der Waals surface area contributed by atoms with Gasteiger partial charge in [0.15, 0.2) is 6.73 Å². The fourth-order valence-corrected chi connectivity index (χ4v) is 3.97. The molecule has 2 aromatic rings. The molecule has 0 unspecified atom stereocenters. The molecule has 1 aromatic heterocycles. The molecule has 0 radical (unpaired) electrons. The maximum atomic E-state index is 12.4. The van der Waals surface area contributed by atoms with Gasteiger partial charge in [0, 0.05) is 6.54 Å². The van der Waals surface area contributed by atoms with Crippen LogP contribution in [0.1, 0.15) is 32.1 Å². The molecule has 2 fully saturated rings. The molecule has 2 aliphatic rings. The molecule has 146 valence electrons. The van der Waals surface area contributed by atoms with Crippen LogP contribution < -0.4 is 5.56 Å². The largest absolute Gasteiger partial charge is 0.442 e. The third-order valence-corrected chi connectivity index (χ3v) is 5.45. The Morgan fingerprint density at radius 1 is 1.07 bits per heavy atom. The van der Waals surface area contributed by atoms with E-state index in [9.17, 15) is 19.2 Å². The number of hydrogen-bond acceptors (Lipinski definition) is 7. The number of benzene rings is 1. The van der Waals surface area contributed by atoms with E-state index >= 15 is 0 Å². The van der Waals surface area contributed by atoms with Crippen molar-refractivity contribution < 1.29 is 19.1 Å². The molecular formula is C19H20N4O5. The average molecular weight is 384 g/mol. The lowest BCUT2D eigenvalue weighted by atomic mass is 9.81. The summed E-state index contributed by atoms with van der Waals surface area (Å²) in [6, 6.07) is 6.75. The third-order valence-electron chi connectivity index (χ3n) is 5.45. The lowest BCUT2D eigenvalue weighted by molar-refractivity contribution is -0.149. The molecule has 0 bridgehead atoms. The number of amides is 2. The molecule has 1 aliphatic carbocycles. The zero-order valence-corrected chi connectivity index (χ0v) is 15.2. The van der Waals surface area contributed by atoms with Crippen molar-refractivity contribution >= 4 is 28.7 Å². The minimum absolute atomic E-state index is 0.00178. The summed E-state index contributed by atoms with van der Waals surface area (Å²) in [4.78, 5) is 50.3. The zero-order chi connectivity index (χ0) is 19.7. The fourth-order valence-electron chi connectivity index (χ4n) is 3.97. The number of carbonyl (C=O) groups is 3. The molecule has 28 heavy (non-hydrogen) atoms. The number of likely N-dealkylation sites (tertiary alicyclic amines) is 1. The van der Waals surface area contributed by atoms with Crippen LogP contribution in [0.3, 0.4) is 0 Å². The highest BCUT2D eigenvalue weighted by Crippen LogP contribution is 2.37. The topological polar surface area (TPSA) is 111 Å². The van der Waals surface area contributed by atoms with E-state index in [4.69, 9.17) is 4.74 Å². The lowest BCUT2D eigenvalue weighted by Gasteiger charge is -2.19. The molecule has 0 N–H and O–H groups in total. The molecular weight excluding hydrogens is 364 g/mol. The monoisotopic (exact) mass is 384 g/mol. The van der Waals surface area contributed by atoms with Crippen molar-refractivity contribution in [2.75, 3.05) is 6.54 Å². The van der Waals surface area contributed by atoms with E-state index in [-0.39, 0.29) is 43.3 Å². The van der Waals surface area contributed by atoms with Gasteiger partial charge in [-0.3, -0.25) is 24.1 Å². The molecule has 1 aromatic carbocycles. The summed E-state index contributed by atoms with van der Waals surface area (Å²) in [5, 5.41) is 8.04. The summed E-state index contributed by atoms with van der Waals surface area (Å²) in [5.74, 6) is -1.44. The Bertz CT molecular complexity index is 977. The predicted octanol–water partition coefficient (Wildman–Crippen LogP) is 0.857. The average Bonchev–Trinajstić information content (AvgIpc) is 2.96. The third kappa shape index (κ3) is 3.28. The Balaban J connectivity index is 1.34. The van der Waals surface area contributed by atoms with Crippen LogP contribution in [-0.4, -0.2) is 44.2 Å². The van der Waals surface area contributed by atoms with Crippen LogP contribution >= 0.6 is 0 Å². The van der Waals surface area contributed by atoms with Crippen LogP contribution in [0, 0.1) is 11.8 Å². The van der Waals surface area contributed by atoms with Gasteiger partial charge < -0.3 is 4.74 Å². The summed E-state index contributed by atoms with van der Waals surface area (Å²) in [7, 11) is 0. The van der Waals surface area contributed by atoms with Gasteiger partial charge in [0.1, 0.15) is 5.52 Å². The minimum atomic E-state index is -0.614. The summed E-state index contributed by atoms with van der Waals surface area (Å²) >= 11 is 0. The zero-order valence-electron chi connectivity index (χ0n) is 15.2. The predicted molar refractivity (Wildman–Crippen MR) is 96.7 cm³/mol. The standard InChI is InChI=1S/C19H20N4O5/c24-16(9-10-22-17(25)12-5-1-2-6-13(12)18(22)26)28-11-23-19(27)14-7-3-4-8-15(14)20-21-23/h3-4,7-8,12-13H,1-2,5-6,9-11H2/t12-,13+. The lowest BCUT2D eigenvalue weighted by Crippen LogP contribution is -2.33. The summed E-state index contributed by atoms with van der Waals surface area (Å²) < 4.78 is 6.04. The number of nitrogens with zero attached hydrogens (tertiary/aromatic N) is 4. The Morgan fingerprint density at radius 2 is 1.75 bits per heavy atom. The van der Waals surface area contributed by atoms with Crippen molar-refractivity contribution in [3.05, 3.63) is 34.6 Å².